The second-order valence-electron chi connectivity index (χ2n) is 9.26. The maximum Gasteiger partial charge on any atom is 0.270 e. The van der Waals surface area contributed by atoms with E-state index in [0.717, 1.165) is 29.7 Å². The maximum atomic E-state index is 13.3. The number of nitrogens with one attached hydrogen (secondary N) is 2. The molecule has 0 spiro atoms. The molecule has 162 valence electrons. The van der Waals surface area contributed by atoms with Crippen molar-refractivity contribution in [2.45, 2.75) is 58.4 Å². The lowest BCUT2D eigenvalue weighted by molar-refractivity contribution is -0.122. The first-order valence-corrected chi connectivity index (χ1v) is 10.8. The van der Waals surface area contributed by atoms with E-state index < -0.39 is 6.04 Å². The highest BCUT2D eigenvalue weighted by atomic mass is 16.2. The number of amides is 2. The molecule has 0 aliphatic carbocycles. The van der Waals surface area contributed by atoms with Crippen LogP contribution in [0.2, 0.25) is 0 Å². The number of hydrogen-bond donors (Lipinski definition) is 2. The smallest absolute Gasteiger partial charge is 0.270 e. The molecular formula is C24H29N5O2. The number of hydrogen-bond acceptors (Lipinski definition) is 4. The largest absolute Gasteiger partial charge is 0.354 e. The molecule has 0 saturated carbocycles. The number of carbonyl (C=O) groups excluding carboxylic acids is 2. The summed E-state index contributed by atoms with van der Waals surface area (Å²) in [5.41, 5.74) is 4.42. The van der Waals surface area contributed by atoms with E-state index in [2.05, 4.69) is 36.5 Å². The van der Waals surface area contributed by atoms with Crippen molar-refractivity contribution in [3.8, 4) is 11.3 Å². The molecule has 0 radical (unpaired) electrons. The number of carbonyl (C=O) groups is 2. The lowest BCUT2D eigenvalue weighted by Crippen LogP contribution is -2.45. The summed E-state index contributed by atoms with van der Waals surface area (Å²) >= 11 is 0. The van der Waals surface area contributed by atoms with Crippen LogP contribution in [0.1, 0.15) is 61.8 Å². The average molecular weight is 420 g/mol. The standard InChI is InChI=1S/C24H29N5O2/c1-15-8-10-16(11-9-15)18-13-19(23(31)27-17-7-5-6-12-25-22(17)30)29-21(26-18)14-20(28-29)24(2,3)4/h8-11,13-14,17H,5-7,12H2,1-4H3,(H,25,30)(H,27,31). The van der Waals surface area contributed by atoms with Gasteiger partial charge in [-0.2, -0.15) is 5.10 Å². The van der Waals surface area contributed by atoms with Crippen LogP contribution in [0, 0.1) is 6.92 Å². The third kappa shape index (κ3) is 4.45. The molecule has 0 bridgehead atoms. The SMILES string of the molecule is Cc1ccc(-c2cc(C(=O)NC3CCCCNC3=O)n3nc(C(C)(C)C)cc3n2)cc1. The lowest BCUT2D eigenvalue weighted by atomic mass is 9.93. The molecule has 7 heteroatoms. The fraction of sp³-hybridized carbons (Fsp3) is 0.417. The molecule has 1 aliphatic rings. The number of nitrogens with zero attached hydrogens (tertiary/aromatic N) is 3. The van der Waals surface area contributed by atoms with E-state index in [1.807, 2.05) is 37.3 Å². The molecule has 1 saturated heterocycles. The predicted octanol–water partition coefficient (Wildman–Crippen LogP) is 3.40. The Morgan fingerprint density at radius 2 is 1.90 bits per heavy atom. The summed E-state index contributed by atoms with van der Waals surface area (Å²) in [4.78, 5) is 30.4. The zero-order valence-corrected chi connectivity index (χ0v) is 18.5. The van der Waals surface area contributed by atoms with Gasteiger partial charge in [-0.1, -0.05) is 50.6 Å². The molecule has 1 aliphatic heterocycles. The van der Waals surface area contributed by atoms with Gasteiger partial charge in [0.15, 0.2) is 5.65 Å². The van der Waals surface area contributed by atoms with Gasteiger partial charge in [0.25, 0.3) is 5.91 Å². The summed E-state index contributed by atoms with van der Waals surface area (Å²) in [5.74, 6) is -0.461. The van der Waals surface area contributed by atoms with Crippen molar-refractivity contribution in [2.24, 2.45) is 0 Å². The minimum Gasteiger partial charge on any atom is -0.354 e. The van der Waals surface area contributed by atoms with E-state index in [1.165, 1.54) is 0 Å². The monoisotopic (exact) mass is 419 g/mol. The summed E-state index contributed by atoms with van der Waals surface area (Å²) in [5, 5.41) is 10.5. The normalized spacial score (nSPS) is 17.3. The van der Waals surface area contributed by atoms with E-state index in [-0.39, 0.29) is 17.2 Å². The zero-order chi connectivity index (χ0) is 22.2. The Bertz CT molecular complexity index is 1130. The zero-order valence-electron chi connectivity index (χ0n) is 18.5. The highest BCUT2D eigenvalue weighted by Gasteiger charge is 2.26. The molecular weight excluding hydrogens is 390 g/mol. The van der Waals surface area contributed by atoms with Crippen molar-refractivity contribution in [3.63, 3.8) is 0 Å². The van der Waals surface area contributed by atoms with Crippen molar-refractivity contribution in [3.05, 3.63) is 53.3 Å². The molecule has 3 heterocycles. The molecule has 1 unspecified atom stereocenters. The number of benzene rings is 1. The quantitative estimate of drug-likeness (QED) is 0.681. The Labute approximate surface area is 182 Å². The molecule has 4 rings (SSSR count). The first-order chi connectivity index (χ1) is 14.7. The Morgan fingerprint density at radius 3 is 2.61 bits per heavy atom. The van der Waals surface area contributed by atoms with Crippen LogP contribution in [0.5, 0.6) is 0 Å². The Morgan fingerprint density at radius 1 is 1.16 bits per heavy atom. The highest BCUT2D eigenvalue weighted by molar-refractivity contribution is 5.97. The Hall–Kier alpha value is -3.22. The molecule has 2 N–H and O–H groups in total. The average Bonchev–Trinajstić information content (AvgIpc) is 3.07. The van der Waals surface area contributed by atoms with Crippen molar-refractivity contribution >= 4 is 17.5 Å². The fourth-order valence-corrected chi connectivity index (χ4v) is 3.68. The summed E-state index contributed by atoms with van der Waals surface area (Å²) in [6, 6.07) is 11.2. The lowest BCUT2D eigenvalue weighted by Gasteiger charge is -2.16. The number of aromatic nitrogens is 3. The van der Waals surface area contributed by atoms with Gasteiger partial charge in [-0.15, -0.1) is 0 Å². The minimum atomic E-state index is -0.543. The van der Waals surface area contributed by atoms with Gasteiger partial charge >= 0.3 is 0 Å². The van der Waals surface area contributed by atoms with Crippen molar-refractivity contribution < 1.29 is 9.59 Å². The summed E-state index contributed by atoms with van der Waals surface area (Å²) in [6.07, 6.45) is 2.44. The number of fused-ring (bicyclic) bond motifs is 1. The molecule has 7 nitrogen and oxygen atoms in total. The summed E-state index contributed by atoms with van der Waals surface area (Å²) in [7, 11) is 0. The van der Waals surface area contributed by atoms with Crippen LogP contribution in [0.15, 0.2) is 36.4 Å². The van der Waals surface area contributed by atoms with Gasteiger partial charge in [-0.3, -0.25) is 9.59 Å². The van der Waals surface area contributed by atoms with Gasteiger partial charge in [0.2, 0.25) is 5.91 Å². The van der Waals surface area contributed by atoms with Crippen LogP contribution < -0.4 is 10.6 Å². The molecule has 3 aromatic rings. The van der Waals surface area contributed by atoms with Gasteiger partial charge < -0.3 is 10.6 Å². The fourth-order valence-electron chi connectivity index (χ4n) is 3.68. The maximum absolute atomic E-state index is 13.3. The molecule has 1 atom stereocenters. The molecule has 1 aromatic carbocycles. The van der Waals surface area contributed by atoms with Crippen molar-refractivity contribution in [1.82, 2.24) is 25.2 Å². The predicted molar refractivity (Wildman–Crippen MR) is 120 cm³/mol. The molecule has 2 amide bonds. The van der Waals surface area contributed by atoms with Gasteiger partial charge in [-0.05, 0) is 32.3 Å². The van der Waals surface area contributed by atoms with Gasteiger partial charge in [0.1, 0.15) is 11.7 Å². The first-order valence-electron chi connectivity index (χ1n) is 10.8. The number of rotatable bonds is 3. The van der Waals surface area contributed by atoms with E-state index in [0.29, 0.717) is 30.0 Å². The van der Waals surface area contributed by atoms with Gasteiger partial charge in [0.05, 0.1) is 11.4 Å². The van der Waals surface area contributed by atoms with Gasteiger partial charge in [0, 0.05) is 23.6 Å². The molecule has 2 aromatic heterocycles. The van der Waals surface area contributed by atoms with Crippen LogP contribution in [0.4, 0.5) is 0 Å². The van der Waals surface area contributed by atoms with Crippen LogP contribution >= 0.6 is 0 Å². The summed E-state index contributed by atoms with van der Waals surface area (Å²) in [6.45, 7) is 8.90. The van der Waals surface area contributed by atoms with Crippen molar-refractivity contribution in [1.29, 1.82) is 0 Å². The van der Waals surface area contributed by atoms with Crippen LogP contribution in [0.3, 0.4) is 0 Å². The highest BCUT2D eigenvalue weighted by Crippen LogP contribution is 2.25. The van der Waals surface area contributed by atoms with Crippen LogP contribution in [-0.4, -0.2) is 39.0 Å². The van der Waals surface area contributed by atoms with Gasteiger partial charge in [-0.25, -0.2) is 9.50 Å². The van der Waals surface area contributed by atoms with Crippen molar-refractivity contribution in [2.75, 3.05) is 6.54 Å². The van der Waals surface area contributed by atoms with E-state index in [9.17, 15) is 9.59 Å². The summed E-state index contributed by atoms with van der Waals surface area (Å²) < 4.78 is 1.59. The third-order valence-corrected chi connectivity index (χ3v) is 5.62. The second-order valence-corrected chi connectivity index (χ2v) is 9.26. The van der Waals surface area contributed by atoms with Crippen LogP contribution in [-0.2, 0) is 10.2 Å². The number of aryl methyl sites for hydroxylation is 1. The van der Waals surface area contributed by atoms with E-state index >= 15 is 0 Å². The second kappa shape index (κ2) is 8.13. The molecule has 31 heavy (non-hydrogen) atoms. The van der Waals surface area contributed by atoms with E-state index in [4.69, 9.17) is 4.98 Å². The Balaban J connectivity index is 1.79. The minimum absolute atomic E-state index is 0.134. The van der Waals surface area contributed by atoms with Crippen LogP contribution in [0.25, 0.3) is 16.9 Å². The van der Waals surface area contributed by atoms with E-state index in [1.54, 1.807) is 10.6 Å². The Kier molecular flexibility index (Phi) is 5.52. The third-order valence-electron chi connectivity index (χ3n) is 5.62. The molecule has 1 fully saturated rings. The topological polar surface area (TPSA) is 88.4 Å². The first kappa shape index (κ1) is 21.0.